The monoisotopic (exact) mass is 299 g/mol. The molecular formula is C17H17NO2S. The van der Waals surface area contributed by atoms with Crippen LogP contribution in [0.1, 0.15) is 16.7 Å². The first-order valence-electron chi connectivity index (χ1n) is 6.89. The van der Waals surface area contributed by atoms with Gasteiger partial charge >= 0.3 is 0 Å². The molecule has 0 unspecified atom stereocenters. The fourth-order valence-electron chi connectivity index (χ4n) is 2.44. The minimum atomic E-state index is -0.137. The standard InChI is InChI=1S/C17H17NO2S/c1-10-4-6-13(14(19)7-10)18-17(20)16-9-12-5-3-11(2)8-15(12)21-16/h3-8,16,19H,9H2,1-2H3,(H,18,20)/t16-/m0/s1. The lowest BCUT2D eigenvalue weighted by atomic mass is 10.1. The van der Waals surface area contributed by atoms with Gasteiger partial charge in [-0.2, -0.15) is 0 Å². The van der Waals surface area contributed by atoms with E-state index in [2.05, 4.69) is 30.4 Å². The van der Waals surface area contributed by atoms with E-state index in [0.29, 0.717) is 5.69 Å². The highest BCUT2D eigenvalue weighted by Gasteiger charge is 2.28. The van der Waals surface area contributed by atoms with Crippen LogP contribution in [0.5, 0.6) is 5.75 Å². The number of aryl methyl sites for hydroxylation is 2. The fourth-order valence-corrected chi connectivity index (χ4v) is 3.73. The number of phenols is 1. The first kappa shape index (κ1) is 14.0. The summed E-state index contributed by atoms with van der Waals surface area (Å²) >= 11 is 1.59. The predicted octanol–water partition coefficient (Wildman–Crippen LogP) is 3.66. The lowest BCUT2D eigenvalue weighted by Crippen LogP contribution is -2.24. The van der Waals surface area contributed by atoms with Crippen molar-refractivity contribution < 1.29 is 9.90 Å². The van der Waals surface area contributed by atoms with Gasteiger partial charge in [0.2, 0.25) is 5.91 Å². The molecule has 108 valence electrons. The van der Waals surface area contributed by atoms with Crippen molar-refractivity contribution in [3.05, 3.63) is 53.1 Å². The highest BCUT2D eigenvalue weighted by molar-refractivity contribution is 8.01. The van der Waals surface area contributed by atoms with Crippen molar-refractivity contribution in [2.24, 2.45) is 0 Å². The van der Waals surface area contributed by atoms with Crippen LogP contribution in [0.15, 0.2) is 41.3 Å². The number of phenolic OH excluding ortho intramolecular Hbond substituents is 1. The van der Waals surface area contributed by atoms with Crippen LogP contribution in [0, 0.1) is 13.8 Å². The zero-order valence-electron chi connectivity index (χ0n) is 12.0. The topological polar surface area (TPSA) is 49.3 Å². The molecule has 0 radical (unpaired) electrons. The molecule has 1 heterocycles. The number of aromatic hydroxyl groups is 1. The van der Waals surface area contributed by atoms with E-state index in [4.69, 9.17) is 0 Å². The molecule has 1 amide bonds. The summed E-state index contributed by atoms with van der Waals surface area (Å²) in [5.41, 5.74) is 3.86. The molecule has 0 saturated carbocycles. The molecular weight excluding hydrogens is 282 g/mol. The molecule has 1 atom stereocenters. The molecule has 3 nitrogen and oxygen atoms in total. The Balaban J connectivity index is 1.73. The van der Waals surface area contributed by atoms with Gasteiger partial charge in [0.15, 0.2) is 0 Å². The lowest BCUT2D eigenvalue weighted by Gasteiger charge is -2.11. The average molecular weight is 299 g/mol. The van der Waals surface area contributed by atoms with Crippen LogP contribution in [-0.2, 0) is 11.2 Å². The summed E-state index contributed by atoms with van der Waals surface area (Å²) in [6.07, 6.45) is 0.735. The summed E-state index contributed by atoms with van der Waals surface area (Å²) in [5.74, 6) is 0.0488. The first-order valence-corrected chi connectivity index (χ1v) is 7.77. The third kappa shape index (κ3) is 2.90. The SMILES string of the molecule is Cc1ccc(NC(=O)[C@@H]2Cc3ccc(C)cc3S2)c(O)c1. The third-order valence-corrected chi connectivity index (χ3v) is 4.90. The number of carbonyl (C=O) groups excluding carboxylic acids is 1. The number of rotatable bonds is 2. The maximum Gasteiger partial charge on any atom is 0.238 e. The minimum Gasteiger partial charge on any atom is -0.506 e. The third-order valence-electron chi connectivity index (χ3n) is 3.60. The fraction of sp³-hybridized carbons (Fsp3) is 0.235. The van der Waals surface area contributed by atoms with E-state index in [9.17, 15) is 9.90 Å². The largest absolute Gasteiger partial charge is 0.506 e. The van der Waals surface area contributed by atoms with Gasteiger partial charge in [0.05, 0.1) is 10.9 Å². The minimum absolute atomic E-state index is 0.0620. The summed E-state index contributed by atoms with van der Waals surface area (Å²) in [7, 11) is 0. The highest BCUT2D eigenvalue weighted by Crippen LogP contribution is 2.38. The Morgan fingerprint density at radius 2 is 1.90 bits per heavy atom. The van der Waals surface area contributed by atoms with Crippen molar-refractivity contribution >= 4 is 23.4 Å². The molecule has 0 aromatic heterocycles. The predicted molar refractivity (Wildman–Crippen MR) is 86.0 cm³/mol. The maximum atomic E-state index is 12.4. The van der Waals surface area contributed by atoms with Crippen molar-refractivity contribution in [2.75, 3.05) is 5.32 Å². The molecule has 3 rings (SSSR count). The average Bonchev–Trinajstić information content (AvgIpc) is 2.85. The number of hydrogen-bond donors (Lipinski definition) is 2. The van der Waals surface area contributed by atoms with Crippen molar-refractivity contribution in [3.63, 3.8) is 0 Å². The van der Waals surface area contributed by atoms with Gasteiger partial charge in [0.1, 0.15) is 5.75 Å². The van der Waals surface area contributed by atoms with Crippen LogP contribution in [-0.4, -0.2) is 16.3 Å². The second kappa shape index (κ2) is 5.45. The molecule has 2 aromatic carbocycles. The van der Waals surface area contributed by atoms with Crippen molar-refractivity contribution in [2.45, 2.75) is 30.4 Å². The lowest BCUT2D eigenvalue weighted by molar-refractivity contribution is -0.115. The van der Waals surface area contributed by atoms with Gasteiger partial charge in [-0.1, -0.05) is 23.8 Å². The van der Waals surface area contributed by atoms with Crippen molar-refractivity contribution in [1.29, 1.82) is 0 Å². The quantitative estimate of drug-likeness (QED) is 0.832. The summed E-state index contributed by atoms with van der Waals surface area (Å²) in [6, 6.07) is 11.5. The smallest absolute Gasteiger partial charge is 0.238 e. The van der Waals surface area contributed by atoms with Crippen LogP contribution in [0.4, 0.5) is 5.69 Å². The van der Waals surface area contributed by atoms with Crippen molar-refractivity contribution in [1.82, 2.24) is 0 Å². The number of nitrogens with one attached hydrogen (secondary N) is 1. The molecule has 0 spiro atoms. The Morgan fingerprint density at radius 1 is 1.19 bits per heavy atom. The number of fused-ring (bicyclic) bond motifs is 1. The van der Waals surface area contributed by atoms with E-state index in [1.807, 2.05) is 13.0 Å². The van der Waals surface area contributed by atoms with Gasteiger partial charge in [-0.15, -0.1) is 11.8 Å². The van der Waals surface area contributed by atoms with E-state index < -0.39 is 0 Å². The zero-order valence-corrected chi connectivity index (χ0v) is 12.8. The van der Waals surface area contributed by atoms with Gasteiger partial charge in [-0.3, -0.25) is 4.79 Å². The summed E-state index contributed by atoms with van der Waals surface area (Å²) in [4.78, 5) is 13.5. The molecule has 2 N–H and O–H groups in total. The van der Waals surface area contributed by atoms with E-state index in [0.717, 1.165) is 12.0 Å². The number of amides is 1. The highest BCUT2D eigenvalue weighted by atomic mass is 32.2. The molecule has 1 aliphatic heterocycles. The molecule has 0 fully saturated rings. The maximum absolute atomic E-state index is 12.4. The molecule has 1 aliphatic rings. The molecule has 21 heavy (non-hydrogen) atoms. The van der Waals surface area contributed by atoms with Crippen molar-refractivity contribution in [3.8, 4) is 5.75 Å². The van der Waals surface area contributed by atoms with E-state index in [1.165, 1.54) is 16.0 Å². The van der Waals surface area contributed by atoms with Gasteiger partial charge in [-0.25, -0.2) is 0 Å². The second-order valence-electron chi connectivity index (χ2n) is 5.43. The Morgan fingerprint density at radius 3 is 2.67 bits per heavy atom. The molecule has 0 bridgehead atoms. The van der Waals surface area contributed by atoms with Crippen LogP contribution >= 0.6 is 11.8 Å². The summed E-state index contributed by atoms with van der Waals surface area (Å²) < 4.78 is 0. The summed E-state index contributed by atoms with van der Waals surface area (Å²) in [6.45, 7) is 3.95. The van der Waals surface area contributed by atoms with Gasteiger partial charge in [0, 0.05) is 4.90 Å². The van der Waals surface area contributed by atoms with E-state index in [-0.39, 0.29) is 16.9 Å². The zero-order chi connectivity index (χ0) is 15.0. The van der Waals surface area contributed by atoms with E-state index in [1.54, 1.807) is 23.9 Å². The second-order valence-corrected chi connectivity index (χ2v) is 6.68. The summed E-state index contributed by atoms with van der Waals surface area (Å²) in [5, 5.41) is 12.6. The van der Waals surface area contributed by atoms with Gasteiger partial charge in [0.25, 0.3) is 0 Å². The first-order chi connectivity index (χ1) is 10.0. The molecule has 0 saturated heterocycles. The Kier molecular flexibility index (Phi) is 3.64. The molecule has 4 heteroatoms. The number of benzene rings is 2. The van der Waals surface area contributed by atoms with E-state index >= 15 is 0 Å². The number of carbonyl (C=O) groups is 1. The molecule has 0 aliphatic carbocycles. The number of thioether (sulfide) groups is 1. The van der Waals surface area contributed by atoms with Crippen LogP contribution in [0.3, 0.4) is 0 Å². The Labute approximate surface area is 128 Å². The van der Waals surface area contributed by atoms with Crippen LogP contribution in [0.2, 0.25) is 0 Å². The van der Waals surface area contributed by atoms with Gasteiger partial charge in [-0.05, 0) is 49.6 Å². The van der Waals surface area contributed by atoms with Gasteiger partial charge < -0.3 is 10.4 Å². The normalized spacial score (nSPS) is 16.6. The Bertz CT molecular complexity index is 712. The number of anilines is 1. The van der Waals surface area contributed by atoms with Crippen LogP contribution < -0.4 is 5.32 Å². The molecule has 2 aromatic rings. The Hall–Kier alpha value is -1.94. The number of hydrogen-bond acceptors (Lipinski definition) is 3. The van der Waals surface area contributed by atoms with Crippen LogP contribution in [0.25, 0.3) is 0 Å².